The Bertz CT molecular complexity index is 801. The highest BCUT2D eigenvalue weighted by Crippen LogP contribution is 2.39. The summed E-state index contributed by atoms with van der Waals surface area (Å²) in [6, 6.07) is 12.9. The van der Waals surface area contributed by atoms with Crippen molar-refractivity contribution in [1.82, 2.24) is 0 Å². The summed E-state index contributed by atoms with van der Waals surface area (Å²) in [6.07, 6.45) is 13.0. The maximum absolute atomic E-state index is 12.1. The lowest BCUT2D eigenvalue weighted by molar-refractivity contribution is -0.134. The van der Waals surface area contributed by atoms with Crippen molar-refractivity contribution in [3.8, 4) is 5.75 Å². The number of carbonyl (C=O) groups is 1. The van der Waals surface area contributed by atoms with Crippen molar-refractivity contribution in [1.29, 1.82) is 0 Å². The quantitative estimate of drug-likeness (QED) is 0.224. The van der Waals surface area contributed by atoms with Crippen molar-refractivity contribution in [2.75, 3.05) is 0 Å². The average Bonchev–Trinajstić information content (AvgIpc) is 2.77. The van der Waals surface area contributed by atoms with E-state index in [1.165, 1.54) is 62.3 Å². The van der Waals surface area contributed by atoms with E-state index in [1.54, 1.807) is 0 Å². The minimum atomic E-state index is -0.115. The Balaban J connectivity index is 1.56. The number of hydrogen-bond donors (Lipinski definition) is 0. The van der Waals surface area contributed by atoms with Gasteiger partial charge in [-0.2, -0.15) is 0 Å². The highest BCUT2D eigenvalue weighted by molar-refractivity contribution is 5.85. The number of carbonyl (C=O) groups excluding carboxylic acids is 1. The topological polar surface area (TPSA) is 26.3 Å². The summed E-state index contributed by atoms with van der Waals surface area (Å²) in [4.78, 5) is 12.1. The maximum Gasteiger partial charge on any atom is 0.311 e. The van der Waals surface area contributed by atoms with Gasteiger partial charge in [-0.3, -0.25) is 4.79 Å². The molecule has 0 heterocycles. The molecule has 0 spiro atoms. The maximum atomic E-state index is 12.1. The molecule has 0 bridgehead atoms. The van der Waals surface area contributed by atoms with Crippen LogP contribution in [0.5, 0.6) is 5.75 Å². The van der Waals surface area contributed by atoms with Crippen LogP contribution in [-0.4, -0.2) is 5.97 Å². The average molecular weight is 409 g/mol. The lowest BCUT2D eigenvalue weighted by Gasteiger charge is -2.30. The molecule has 1 fully saturated rings. The number of hydrogen-bond acceptors (Lipinski definition) is 2. The van der Waals surface area contributed by atoms with Gasteiger partial charge in [-0.25, -0.2) is 0 Å². The van der Waals surface area contributed by atoms with Crippen molar-refractivity contribution in [3.63, 3.8) is 0 Å². The van der Waals surface area contributed by atoms with E-state index in [-0.39, 0.29) is 5.97 Å². The third-order valence-electron chi connectivity index (χ3n) is 7.05. The first-order valence-corrected chi connectivity index (χ1v) is 12.3. The molecule has 2 heteroatoms. The van der Waals surface area contributed by atoms with Gasteiger partial charge in [-0.1, -0.05) is 70.7 Å². The van der Waals surface area contributed by atoms with Crippen molar-refractivity contribution in [3.05, 3.63) is 42.0 Å². The van der Waals surface area contributed by atoms with Gasteiger partial charge < -0.3 is 4.74 Å². The third-order valence-corrected chi connectivity index (χ3v) is 7.05. The summed E-state index contributed by atoms with van der Waals surface area (Å²) >= 11 is 0. The lowest BCUT2D eigenvalue weighted by Crippen LogP contribution is -2.15. The second-order valence-corrected chi connectivity index (χ2v) is 9.52. The van der Waals surface area contributed by atoms with E-state index in [1.807, 2.05) is 12.1 Å². The predicted octanol–water partition coefficient (Wildman–Crippen LogP) is 8.43. The monoisotopic (exact) mass is 408 g/mol. The van der Waals surface area contributed by atoms with Crippen molar-refractivity contribution >= 4 is 16.7 Å². The Morgan fingerprint density at radius 3 is 2.43 bits per heavy atom. The smallest absolute Gasteiger partial charge is 0.311 e. The first-order valence-electron chi connectivity index (χ1n) is 12.3. The lowest BCUT2D eigenvalue weighted by atomic mass is 9.75. The van der Waals surface area contributed by atoms with Gasteiger partial charge in [0.05, 0.1) is 0 Å². The van der Waals surface area contributed by atoms with Crippen LogP contribution in [0.2, 0.25) is 0 Å². The Hall–Kier alpha value is -1.83. The molecule has 2 aromatic carbocycles. The highest BCUT2D eigenvalue weighted by Gasteiger charge is 2.23. The summed E-state index contributed by atoms with van der Waals surface area (Å²) in [5.74, 6) is 3.04. The number of rotatable bonds is 10. The number of unbranched alkanes of at least 4 members (excludes halogenated alkanes) is 3. The van der Waals surface area contributed by atoms with E-state index in [0.29, 0.717) is 18.1 Å². The fourth-order valence-corrected chi connectivity index (χ4v) is 4.91. The predicted molar refractivity (Wildman–Crippen MR) is 127 cm³/mol. The van der Waals surface area contributed by atoms with E-state index in [0.717, 1.165) is 30.1 Å². The molecule has 0 amide bonds. The second-order valence-electron chi connectivity index (χ2n) is 9.52. The second kappa shape index (κ2) is 11.5. The summed E-state index contributed by atoms with van der Waals surface area (Å²) < 4.78 is 5.56. The molecule has 0 aromatic heterocycles. The molecule has 1 atom stereocenters. The van der Waals surface area contributed by atoms with Crippen LogP contribution in [0.15, 0.2) is 36.4 Å². The van der Waals surface area contributed by atoms with E-state index in [9.17, 15) is 4.79 Å². The highest BCUT2D eigenvalue weighted by atomic mass is 16.5. The zero-order chi connectivity index (χ0) is 21.3. The summed E-state index contributed by atoms with van der Waals surface area (Å²) in [7, 11) is 0. The van der Waals surface area contributed by atoms with Crippen LogP contribution in [0.3, 0.4) is 0 Å². The standard InChI is InChI=1S/C28H40O2/c1-4-6-7-8-9-28(29)30-27-17-16-25-19-24(14-15-26(25)20-27)23-12-10-22(11-13-23)18-21(3)5-2/h14-17,19-23H,4-13,18H2,1-3H3. The van der Waals surface area contributed by atoms with Crippen LogP contribution >= 0.6 is 0 Å². The van der Waals surface area contributed by atoms with Crippen LogP contribution in [0.4, 0.5) is 0 Å². The fraction of sp³-hybridized carbons (Fsp3) is 0.607. The van der Waals surface area contributed by atoms with Gasteiger partial charge in [0.2, 0.25) is 0 Å². The zero-order valence-corrected chi connectivity index (χ0v) is 19.3. The molecule has 1 aliphatic carbocycles. The number of ether oxygens (including phenoxy) is 1. The molecular formula is C28H40O2. The van der Waals surface area contributed by atoms with Crippen molar-refractivity contribution in [2.45, 2.75) is 97.3 Å². The van der Waals surface area contributed by atoms with Crippen molar-refractivity contribution in [2.24, 2.45) is 11.8 Å². The molecule has 1 aliphatic rings. The normalized spacial score (nSPS) is 20.2. The Morgan fingerprint density at radius 1 is 0.967 bits per heavy atom. The molecule has 164 valence electrons. The van der Waals surface area contributed by atoms with E-state index in [4.69, 9.17) is 4.74 Å². The molecule has 0 saturated heterocycles. The minimum absolute atomic E-state index is 0.115. The molecule has 2 nitrogen and oxygen atoms in total. The Kier molecular flexibility index (Phi) is 8.78. The molecule has 0 radical (unpaired) electrons. The van der Waals surface area contributed by atoms with E-state index < -0.39 is 0 Å². The van der Waals surface area contributed by atoms with E-state index >= 15 is 0 Å². The van der Waals surface area contributed by atoms with Gasteiger partial charge >= 0.3 is 5.97 Å². The zero-order valence-electron chi connectivity index (χ0n) is 19.3. The molecule has 1 saturated carbocycles. The van der Waals surface area contributed by atoms with Crippen LogP contribution in [0.25, 0.3) is 10.8 Å². The summed E-state index contributed by atoms with van der Waals surface area (Å²) in [5.41, 5.74) is 1.48. The first kappa shape index (κ1) is 22.8. The largest absolute Gasteiger partial charge is 0.427 e. The van der Waals surface area contributed by atoms with Gasteiger partial charge in [0.15, 0.2) is 0 Å². The molecule has 30 heavy (non-hydrogen) atoms. The van der Waals surface area contributed by atoms with Crippen molar-refractivity contribution < 1.29 is 9.53 Å². The van der Waals surface area contributed by atoms with Crippen LogP contribution in [0.1, 0.15) is 103 Å². The molecule has 0 aliphatic heterocycles. The van der Waals surface area contributed by atoms with Crippen LogP contribution in [-0.2, 0) is 4.79 Å². The first-order chi connectivity index (χ1) is 14.6. The summed E-state index contributed by atoms with van der Waals surface area (Å²) in [5, 5.41) is 2.40. The van der Waals surface area contributed by atoms with E-state index in [2.05, 4.69) is 45.0 Å². The molecule has 0 N–H and O–H groups in total. The van der Waals surface area contributed by atoms with Gasteiger partial charge in [0, 0.05) is 6.42 Å². The Morgan fingerprint density at radius 2 is 1.70 bits per heavy atom. The van der Waals surface area contributed by atoms with Crippen LogP contribution in [0, 0.1) is 11.8 Å². The minimum Gasteiger partial charge on any atom is -0.427 e. The molecule has 3 rings (SSSR count). The molecule has 2 aromatic rings. The van der Waals surface area contributed by atoms with Gasteiger partial charge in [-0.05, 0) is 84.7 Å². The number of benzene rings is 2. The molecular weight excluding hydrogens is 368 g/mol. The number of fused-ring (bicyclic) bond motifs is 1. The van der Waals surface area contributed by atoms with Gasteiger partial charge in [0.1, 0.15) is 5.75 Å². The number of esters is 1. The third kappa shape index (κ3) is 6.59. The SMILES string of the molecule is CCCCCCC(=O)Oc1ccc2cc(C3CCC(CC(C)CC)CC3)ccc2c1. The fourth-order valence-electron chi connectivity index (χ4n) is 4.91. The molecule has 1 unspecified atom stereocenters. The Labute approximate surface area is 183 Å². The van der Waals surface area contributed by atoms with Gasteiger partial charge in [-0.15, -0.1) is 0 Å². The van der Waals surface area contributed by atoms with Gasteiger partial charge in [0.25, 0.3) is 0 Å². The van der Waals surface area contributed by atoms with Crippen LogP contribution < -0.4 is 4.74 Å². The summed E-state index contributed by atoms with van der Waals surface area (Å²) in [6.45, 7) is 6.89.